The van der Waals surface area contributed by atoms with Crippen LogP contribution in [0.5, 0.6) is 5.75 Å². The average Bonchev–Trinajstić information content (AvgIpc) is 2.54. The highest BCUT2D eigenvalue weighted by atomic mass is 32.1. The fraction of sp³-hybridized carbons (Fsp3) is 0.111. The number of nitrogens with zero attached hydrogens (tertiary/aromatic N) is 2. The van der Waals surface area contributed by atoms with Gasteiger partial charge in [-0.1, -0.05) is 11.3 Å². The van der Waals surface area contributed by atoms with E-state index in [1.54, 1.807) is 18.2 Å². The molecule has 0 aliphatic heterocycles. The van der Waals surface area contributed by atoms with E-state index in [-0.39, 0.29) is 5.75 Å². The van der Waals surface area contributed by atoms with Crippen molar-refractivity contribution in [2.75, 3.05) is 0 Å². The summed E-state index contributed by atoms with van der Waals surface area (Å²) >= 11 is 1.36. The lowest BCUT2D eigenvalue weighted by molar-refractivity contribution is 0.144. The summed E-state index contributed by atoms with van der Waals surface area (Å²) in [6, 6.07) is 4.99. The monoisotopic (exact) mass is 239 g/mol. The van der Waals surface area contributed by atoms with Gasteiger partial charge in [0.15, 0.2) is 0 Å². The Morgan fingerprint density at radius 1 is 1.62 bits per heavy atom. The summed E-state index contributed by atoms with van der Waals surface area (Å²) in [6.07, 6.45) is -1.33. The van der Waals surface area contributed by atoms with Crippen LogP contribution in [-0.4, -0.2) is 15.8 Å². The van der Waals surface area contributed by atoms with Crippen LogP contribution in [0.4, 0.5) is 4.79 Å². The van der Waals surface area contributed by atoms with Crippen LogP contribution in [0.15, 0.2) is 23.3 Å². The lowest BCUT2D eigenvalue weighted by Gasteiger charge is -1.99. The van der Waals surface area contributed by atoms with E-state index >= 15 is 0 Å². The lowest BCUT2D eigenvalue weighted by Crippen LogP contribution is -2.12. The van der Waals surface area contributed by atoms with E-state index in [1.807, 2.05) is 11.6 Å². The summed E-state index contributed by atoms with van der Waals surface area (Å²) in [7, 11) is 1.84. The molecule has 0 fully saturated rings. The first-order valence-electron chi connectivity index (χ1n) is 4.36. The molecule has 1 heterocycles. The molecule has 0 amide bonds. The smallest absolute Gasteiger partial charge is 0.449 e. The molecule has 0 radical (unpaired) electrons. The van der Waals surface area contributed by atoms with Crippen molar-refractivity contribution in [1.82, 2.24) is 4.57 Å². The molecule has 1 aromatic carbocycles. The fourth-order valence-electron chi connectivity index (χ4n) is 1.40. The minimum Gasteiger partial charge on any atom is -0.449 e. The highest BCUT2D eigenvalue weighted by Gasteiger charge is 2.06. The maximum atomic E-state index is 10.4. The Kier molecular flexibility index (Phi) is 2.53. The van der Waals surface area contributed by atoms with Crippen molar-refractivity contribution < 1.29 is 14.6 Å². The van der Waals surface area contributed by atoms with Crippen LogP contribution in [0.2, 0.25) is 0 Å². The quantitative estimate of drug-likeness (QED) is 0.337. The molecule has 0 atom stereocenters. The van der Waals surface area contributed by atoms with Gasteiger partial charge in [0.1, 0.15) is 5.75 Å². The van der Waals surface area contributed by atoms with Gasteiger partial charge in [0, 0.05) is 13.1 Å². The van der Waals surface area contributed by atoms with Crippen LogP contribution < -0.4 is 15.4 Å². The third kappa shape index (κ3) is 1.72. The Labute approximate surface area is 94.2 Å². The van der Waals surface area contributed by atoms with Gasteiger partial charge in [0.05, 0.1) is 10.2 Å². The summed E-state index contributed by atoms with van der Waals surface area (Å²) in [5.41, 5.74) is 0.923. The van der Waals surface area contributed by atoms with Crippen LogP contribution in [0.1, 0.15) is 0 Å². The van der Waals surface area contributed by atoms with Gasteiger partial charge in [0.2, 0.25) is 4.80 Å². The molecule has 7 heteroatoms. The average molecular weight is 239 g/mol. The molecule has 1 aromatic heterocycles. The molecule has 0 bridgehead atoms. The summed E-state index contributed by atoms with van der Waals surface area (Å²) in [5, 5.41) is 12.1. The van der Waals surface area contributed by atoms with Gasteiger partial charge in [-0.15, -0.1) is 0 Å². The van der Waals surface area contributed by atoms with Gasteiger partial charge in [-0.3, -0.25) is 0 Å². The van der Waals surface area contributed by atoms with E-state index < -0.39 is 6.16 Å². The standard InChI is InChI=1S/C9H9N3O3S/c1-12-6-3-2-5(15-9(13)14)4-7(6)16-8(12)11-10/h2-4H,10H2,1H3,(H,13,14). The minimum atomic E-state index is -1.33. The van der Waals surface area contributed by atoms with E-state index in [9.17, 15) is 4.79 Å². The predicted octanol–water partition coefficient (Wildman–Crippen LogP) is 1.07. The Hall–Kier alpha value is -2.02. The fourth-order valence-corrected chi connectivity index (χ4v) is 2.37. The number of rotatable bonds is 1. The molecule has 0 saturated heterocycles. The second-order valence-electron chi connectivity index (χ2n) is 3.07. The van der Waals surface area contributed by atoms with Crippen molar-refractivity contribution in [2.24, 2.45) is 18.0 Å². The van der Waals surface area contributed by atoms with Crippen LogP contribution in [0.25, 0.3) is 10.2 Å². The maximum Gasteiger partial charge on any atom is 0.511 e. The highest BCUT2D eigenvalue weighted by molar-refractivity contribution is 7.16. The van der Waals surface area contributed by atoms with Crippen LogP contribution in [0.3, 0.4) is 0 Å². The second kappa shape index (κ2) is 3.86. The molecule has 84 valence electrons. The third-order valence-electron chi connectivity index (χ3n) is 2.10. The summed E-state index contributed by atoms with van der Waals surface area (Å²) < 4.78 is 7.25. The first-order valence-corrected chi connectivity index (χ1v) is 5.17. The van der Waals surface area contributed by atoms with E-state index in [2.05, 4.69) is 9.84 Å². The van der Waals surface area contributed by atoms with E-state index in [0.29, 0.717) is 4.80 Å². The van der Waals surface area contributed by atoms with Crippen molar-refractivity contribution in [3.05, 3.63) is 23.0 Å². The van der Waals surface area contributed by atoms with E-state index in [0.717, 1.165) is 10.2 Å². The number of ether oxygens (including phenoxy) is 1. The second-order valence-corrected chi connectivity index (χ2v) is 4.08. The molecular weight excluding hydrogens is 230 g/mol. The Morgan fingerprint density at radius 3 is 3.00 bits per heavy atom. The Balaban J connectivity index is 2.59. The number of benzene rings is 1. The number of nitrogens with two attached hydrogens (primary N) is 1. The minimum absolute atomic E-state index is 0.283. The number of hydrogen-bond donors (Lipinski definition) is 2. The number of carbonyl (C=O) groups is 1. The summed E-state index contributed by atoms with van der Waals surface area (Å²) in [5.74, 6) is 5.51. The number of aromatic nitrogens is 1. The number of aryl methyl sites for hydroxylation is 1. The molecule has 16 heavy (non-hydrogen) atoms. The molecule has 0 spiro atoms. The molecular formula is C9H9N3O3S. The molecule has 2 aromatic rings. The van der Waals surface area contributed by atoms with Gasteiger partial charge in [-0.2, -0.15) is 5.10 Å². The molecule has 0 aliphatic carbocycles. The van der Waals surface area contributed by atoms with Gasteiger partial charge < -0.3 is 20.3 Å². The molecule has 0 unspecified atom stereocenters. The van der Waals surface area contributed by atoms with Crippen molar-refractivity contribution in [3.8, 4) is 5.75 Å². The van der Waals surface area contributed by atoms with Crippen molar-refractivity contribution in [3.63, 3.8) is 0 Å². The van der Waals surface area contributed by atoms with Gasteiger partial charge in [-0.05, 0) is 12.1 Å². The highest BCUT2D eigenvalue weighted by Crippen LogP contribution is 2.22. The number of carboxylic acid groups (broad SMARTS) is 1. The zero-order valence-corrected chi connectivity index (χ0v) is 9.19. The molecule has 6 nitrogen and oxygen atoms in total. The van der Waals surface area contributed by atoms with Crippen molar-refractivity contribution in [1.29, 1.82) is 0 Å². The number of thiazole rings is 1. The topological polar surface area (TPSA) is 89.8 Å². The van der Waals surface area contributed by atoms with Crippen molar-refractivity contribution in [2.45, 2.75) is 0 Å². The third-order valence-corrected chi connectivity index (χ3v) is 3.21. The summed E-state index contributed by atoms with van der Waals surface area (Å²) in [6.45, 7) is 0. The first kappa shape index (κ1) is 10.5. The SMILES string of the molecule is Cn1c(=NN)sc2cc(OC(=O)O)ccc21. The number of hydrogen-bond acceptors (Lipinski definition) is 5. The van der Waals surface area contributed by atoms with E-state index in [1.165, 1.54) is 11.3 Å². The Bertz CT molecular complexity index is 614. The molecule has 3 N–H and O–H groups in total. The lowest BCUT2D eigenvalue weighted by atomic mass is 10.3. The van der Waals surface area contributed by atoms with E-state index in [4.69, 9.17) is 10.9 Å². The van der Waals surface area contributed by atoms with Crippen molar-refractivity contribution >= 4 is 27.7 Å². The van der Waals surface area contributed by atoms with Crippen LogP contribution in [0, 0.1) is 0 Å². The number of fused-ring (bicyclic) bond motifs is 1. The Morgan fingerprint density at radius 2 is 2.38 bits per heavy atom. The largest absolute Gasteiger partial charge is 0.511 e. The van der Waals surface area contributed by atoms with Crippen LogP contribution >= 0.6 is 11.3 Å². The molecule has 2 rings (SSSR count). The normalized spacial score (nSPS) is 11.9. The zero-order valence-electron chi connectivity index (χ0n) is 8.38. The zero-order chi connectivity index (χ0) is 11.7. The van der Waals surface area contributed by atoms with Gasteiger partial charge in [-0.25, -0.2) is 4.79 Å². The predicted molar refractivity (Wildman–Crippen MR) is 59.2 cm³/mol. The summed E-state index contributed by atoms with van der Waals surface area (Å²) in [4.78, 5) is 11.0. The maximum absolute atomic E-state index is 10.4. The molecule has 0 aliphatic rings. The van der Waals surface area contributed by atoms with Gasteiger partial charge in [0.25, 0.3) is 0 Å². The molecule has 0 saturated carbocycles. The van der Waals surface area contributed by atoms with Gasteiger partial charge >= 0.3 is 6.16 Å². The van der Waals surface area contributed by atoms with Crippen LogP contribution in [-0.2, 0) is 7.05 Å². The first-order chi connectivity index (χ1) is 7.61.